The summed E-state index contributed by atoms with van der Waals surface area (Å²) in [5, 5.41) is 16.9. The van der Waals surface area contributed by atoms with Crippen LogP contribution in [0.1, 0.15) is 5.56 Å². The average molecular weight is 255 g/mol. The highest BCUT2D eigenvalue weighted by Crippen LogP contribution is 2.09. The summed E-state index contributed by atoms with van der Waals surface area (Å²) in [6, 6.07) is 7.57. The molecular weight excluding hydrogens is 246 g/mol. The Kier molecular flexibility index (Phi) is 4.03. The van der Waals surface area contributed by atoms with Crippen LogP contribution in [0.15, 0.2) is 24.3 Å². The van der Waals surface area contributed by atoms with Crippen LogP contribution in [0.5, 0.6) is 0 Å². The lowest BCUT2D eigenvalue weighted by Crippen LogP contribution is -2.34. The van der Waals surface area contributed by atoms with E-state index in [0.717, 1.165) is 0 Å². The third-order valence-electron chi connectivity index (χ3n) is 1.68. The number of nitrogens with one attached hydrogen (secondary N) is 2. The van der Waals surface area contributed by atoms with Gasteiger partial charge in [0.25, 0.3) is 10.2 Å². The van der Waals surface area contributed by atoms with Crippen LogP contribution in [-0.4, -0.2) is 26.0 Å². The first-order chi connectivity index (χ1) is 7.93. The highest BCUT2D eigenvalue weighted by molar-refractivity contribution is 7.90. The van der Waals surface area contributed by atoms with Crippen molar-refractivity contribution in [1.29, 1.82) is 5.26 Å². The minimum atomic E-state index is -3.91. The molecule has 0 bridgehead atoms. The van der Waals surface area contributed by atoms with E-state index in [1.165, 1.54) is 24.3 Å². The molecule has 0 saturated heterocycles. The van der Waals surface area contributed by atoms with Gasteiger partial charge < -0.3 is 5.11 Å². The van der Waals surface area contributed by atoms with Crippen molar-refractivity contribution in [3.05, 3.63) is 29.8 Å². The van der Waals surface area contributed by atoms with Gasteiger partial charge in [-0.3, -0.25) is 9.52 Å². The number of carbonyl (C=O) groups is 1. The Labute approximate surface area is 97.9 Å². The van der Waals surface area contributed by atoms with Gasteiger partial charge in [0.2, 0.25) is 0 Å². The Morgan fingerprint density at radius 3 is 2.41 bits per heavy atom. The Balaban J connectivity index is 2.70. The van der Waals surface area contributed by atoms with E-state index in [1.807, 2.05) is 10.8 Å². The van der Waals surface area contributed by atoms with Gasteiger partial charge >= 0.3 is 5.97 Å². The monoisotopic (exact) mass is 255 g/mol. The summed E-state index contributed by atoms with van der Waals surface area (Å²) in [5.41, 5.74) is 0.633. The predicted molar refractivity (Wildman–Crippen MR) is 59.3 cm³/mol. The summed E-state index contributed by atoms with van der Waals surface area (Å²) in [6.45, 7) is -0.703. The lowest BCUT2D eigenvalue weighted by molar-refractivity contribution is -0.135. The molecule has 0 fully saturated rings. The van der Waals surface area contributed by atoms with Gasteiger partial charge in [-0.1, -0.05) is 0 Å². The summed E-state index contributed by atoms with van der Waals surface area (Å²) in [5.74, 6) is -1.28. The molecule has 0 aliphatic heterocycles. The van der Waals surface area contributed by atoms with Gasteiger partial charge in [0.15, 0.2) is 0 Å². The molecule has 1 aromatic carbocycles. The molecule has 0 amide bonds. The lowest BCUT2D eigenvalue weighted by atomic mass is 10.2. The van der Waals surface area contributed by atoms with Crippen LogP contribution in [0.25, 0.3) is 0 Å². The van der Waals surface area contributed by atoms with Crippen molar-refractivity contribution in [2.24, 2.45) is 0 Å². The molecule has 0 atom stereocenters. The second-order valence-electron chi connectivity index (χ2n) is 3.01. The topological polar surface area (TPSA) is 119 Å². The van der Waals surface area contributed by atoms with E-state index >= 15 is 0 Å². The maximum atomic E-state index is 11.3. The van der Waals surface area contributed by atoms with Crippen LogP contribution < -0.4 is 9.44 Å². The van der Waals surface area contributed by atoms with Gasteiger partial charge in [-0.2, -0.15) is 18.4 Å². The Morgan fingerprint density at radius 1 is 1.35 bits per heavy atom. The molecule has 0 saturated carbocycles. The van der Waals surface area contributed by atoms with E-state index in [0.29, 0.717) is 5.56 Å². The average Bonchev–Trinajstić information content (AvgIpc) is 2.27. The standard InChI is InChI=1S/C9H9N3O4S/c10-5-7-1-3-8(4-2-7)12-17(15,16)11-6-9(13)14/h1-4,11-12H,6H2,(H,13,14). The quantitative estimate of drug-likeness (QED) is 0.678. The van der Waals surface area contributed by atoms with Crippen LogP contribution in [0.4, 0.5) is 5.69 Å². The summed E-state index contributed by atoms with van der Waals surface area (Å²) in [6.07, 6.45) is 0. The molecule has 0 aliphatic rings. The van der Waals surface area contributed by atoms with Gasteiger partial charge in [-0.05, 0) is 24.3 Å². The fourth-order valence-electron chi connectivity index (χ4n) is 0.961. The molecule has 1 aromatic rings. The number of carboxylic acids is 1. The first-order valence-corrected chi connectivity index (χ1v) is 5.90. The maximum absolute atomic E-state index is 11.3. The van der Waals surface area contributed by atoms with E-state index in [-0.39, 0.29) is 5.69 Å². The molecule has 3 N–H and O–H groups in total. The molecule has 17 heavy (non-hydrogen) atoms. The first-order valence-electron chi connectivity index (χ1n) is 4.42. The molecule has 0 unspecified atom stereocenters. The van der Waals surface area contributed by atoms with E-state index in [4.69, 9.17) is 10.4 Å². The number of benzene rings is 1. The molecule has 1 rings (SSSR count). The van der Waals surface area contributed by atoms with E-state index in [9.17, 15) is 13.2 Å². The second kappa shape index (κ2) is 5.29. The minimum Gasteiger partial charge on any atom is -0.480 e. The van der Waals surface area contributed by atoms with Crippen molar-refractivity contribution in [1.82, 2.24) is 4.72 Å². The van der Waals surface area contributed by atoms with Crippen molar-refractivity contribution in [2.75, 3.05) is 11.3 Å². The van der Waals surface area contributed by atoms with Gasteiger partial charge in [0.05, 0.1) is 11.6 Å². The Bertz CT molecular complexity index is 545. The highest BCUT2D eigenvalue weighted by Gasteiger charge is 2.10. The number of hydrogen-bond acceptors (Lipinski definition) is 4. The van der Waals surface area contributed by atoms with Gasteiger partial charge in [0.1, 0.15) is 6.54 Å². The maximum Gasteiger partial charge on any atom is 0.318 e. The van der Waals surface area contributed by atoms with Crippen LogP contribution in [0.2, 0.25) is 0 Å². The zero-order valence-corrected chi connectivity index (χ0v) is 9.36. The summed E-state index contributed by atoms with van der Waals surface area (Å²) in [4.78, 5) is 10.2. The highest BCUT2D eigenvalue weighted by atomic mass is 32.2. The van der Waals surface area contributed by atoms with Crippen LogP contribution >= 0.6 is 0 Å². The SMILES string of the molecule is N#Cc1ccc(NS(=O)(=O)NCC(=O)O)cc1. The third kappa shape index (κ3) is 4.50. The van der Waals surface area contributed by atoms with Crippen molar-refractivity contribution in [2.45, 2.75) is 0 Å². The number of nitrogens with zero attached hydrogens (tertiary/aromatic N) is 1. The molecule has 0 heterocycles. The first kappa shape index (κ1) is 13.0. The minimum absolute atomic E-state index is 0.238. The molecule has 8 heteroatoms. The van der Waals surface area contributed by atoms with Crippen LogP contribution in [-0.2, 0) is 15.0 Å². The number of carboxylic acid groups (broad SMARTS) is 1. The van der Waals surface area contributed by atoms with Crippen LogP contribution in [0, 0.1) is 11.3 Å². The van der Waals surface area contributed by atoms with Crippen LogP contribution in [0.3, 0.4) is 0 Å². The normalized spacial score (nSPS) is 10.5. The molecule has 0 aliphatic carbocycles. The number of aliphatic carboxylic acids is 1. The molecule has 0 spiro atoms. The van der Waals surface area contributed by atoms with Gasteiger partial charge in [-0.15, -0.1) is 0 Å². The number of nitriles is 1. The summed E-state index contributed by atoms with van der Waals surface area (Å²) in [7, 11) is -3.91. The zero-order chi connectivity index (χ0) is 12.9. The van der Waals surface area contributed by atoms with Crippen molar-refractivity contribution < 1.29 is 18.3 Å². The molecule has 7 nitrogen and oxygen atoms in total. The number of anilines is 1. The molecule has 90 valence electrons. The van der Waals surface area contributed by atoms with E-state index in [2.05, 4.69) is 4.72 Å². The summed E-state index contributed by atoms with van der Waals surface area (Å²) >= 11 is 0. The van der Waals surface area contributed by atoms with E-state index < -0.39 is 22.7 Å². The second-order valence-corrected chi connectivity index (χ2v) is 4.51. The molecule has 0 radical (unpaired) electrons. The Morgan fingerprint density at radius 2 is 1.94 bits per heavy atom. The predicted octanol–water partition coefficient (Wildman–Crippen LogP) is -0.111. The van der Waals surface area contributed by atoms with Crippen molar-refractivity contribution in [3.63, 3.8) is 0 Å². The molecular formula is C9H9N3O4S. The fourth-order valence-corrected chi connectivity index (χ4v) is 1.79. The fraction of sp³-hybridized carbons (Fsp3) is 0.111. The molecule has 0 aromatic heterocycles. The van der Waals surface area contributed by atoms with Gasteiger partial charge in [0, 0.05) is 5.69 Å². The largest absolute Gasteiger partial charge is 0.480 e. The van der Waals surface area contributed by atoms with Gasteiger partial charge in [-0.25, -0.2) is 0 Å². The third-order valence-corrected chi connectivity index (χ3v) is 2.71. The number of rotatable bonds is 5. The smallest absolute Gasteiger partial charge is 0.318 e. The van der Waals surface area contributed by atoms with E-state index in [1.54, 1.807) is 0 Å². The lowest BCUT2D eigenvalue weighted by Gasteiger charge is -2.07. The Hall–Kier alpha value is -2.11. The summed E-state index contributed by atoms with van der Waals surface area (Å²) < 4.78 is 26.6. The number of hydrogen-bond donors (Lipinski definition) is 3. The van der Waals surface area contributed by atoms with Crippen molar-refractivity contribution >= 4 is 21.9 Å². The zero-order valence-electron chi connectivity index (χ0n) is 8.54. The van der Waals surface area contributed by atoms with Crippen molar-refractivity contribution in [3.8, 4) is 6.07 Å².